The molecular weight excluding hydrogens is 230 g/mol. The number of hydrogen-bond donors (Lipinski definition) is 2. The number of anilines is 1. The standard InChI is InChI=1S/C10H12ClN3O2/c11-8-4-13-9(3-7(8)10(15)16)14-2-1-6(12)5-14/h3-4,6H,1-2,5,12H2,(H,15,16). The Balaban J connectivity index is 2.29. The summed E-state index contributed by atoms with van der Waals surface area (Å²) in [4.78, 5) is 17.0. The van der Waals surface area contributed by atoms with E-state index in [2.05, 4.69) is 4.98 Å². The molecule has 1 aromatic heterocycles. The van der Waals surface area contributed by atoms with E-state index in [4.69, 9.17) is 22.4 Å². The highest BCUT2D eigenvalue weighted by atomic mass is 35.5. The number of nitrogens with two attached hydrogens (primary N) is 1. The van der Waals surface area contributed by atoms with E-state index in [-0.39, 0.29) is 16.6 Å². The van der Waals surface area contributed by atoms with Crippen LogP contribution in [0.3, 0.4) is 0 Å². The van der Waals surface area contributed by atoms with Gasteiger partial charge in [-0.3, -0.25) is 0 Å². The summed E-state index contributed by atoms with van der Waals surface area (Å²) in [6.07, 6.45) is 2.26. The Morgan fingerprint density at radius 3 is 3.00 bits per heavy atom. The minimum absolute atomic E-state index is 0.0761. The molecule has 5 nitrogen and oxygen atoms in total. The van der Waals surface area contributed by atoms with Crippen LogP contribution < -0.4 is 10.6 Å². The number of carboxylic acid groups (broad SMARTS) is 1. The Morgan fingerprint density at radius 1 is 1.69 bits per heavy atom. The van der Waals surface area contributed by atoms with Gasteiger partial charge in [-0.05, 0) is 12.5 Å². The summed E-state index contributed by atoms with van der Waals surface area (Å²) in [5.41, 5.74) is 5.85. The average Bonchev–Trinajstić information content (AvgIpc) is 2.65. The maximum atomic E-state index is 10.9. The molecule has 0 aromatic carbocycles. The van der Waals surface area contributed by atoms with Gasteiger partial charge in [-0.25, -0.2) is 9.78 Å². The summed E-state index contributed by atoms with van der Waals surface area (Å²) < 4.78 is 0. The number of halogens is 1. The van der Waals surface area contributed by atoms with Gasteiger partial charge in [-0.1, -0.05) is 11.6 Å². The van der Waals surface area contributed by atoms with Gasteiger partial charge in [-0.2, -0.15) is 0 Å². The van der Waals surface area contributed by atoms with Crippen molar-refractivity contribution in [1.82, 2.24) is 4.98 Å². The normalized spacial score (nSPS) is 20.1. The largest absolute Gasteiger partial charge is 0.478 e. The molecule has 0 radical (unpaired) electrons. The van der Waals surface area contributed by atoms with E-state index in [1.54, 1.807) is 0 Å². The number of pyridine rings is 1. The highest BCUT2D eigenvalue weighted by Crippen LogP contribution is 2.22. The summed E-state index contributed by atoms with van der Waals surface area (Å²) in [5.74, 6) is -0.424. The number of hydrogen-bond acceptors (Lipinski definition) is 4. The first-order chi connectivity index (χ1) is 7.58. The highest BCUT2D eigenvalue weighted by molar-refractivity contribution is 6.33. The highest BCUT2D eigenvalue weighted by Gasteiger charge is 2.21. The SMILES string of the molecule is NC1CCN(c2cc(C(=O)O)c(Cl)cn2)C1. The van der Waals surface area contributed by atoms with Crippen LogP contribution in [0.1, 0.15) is 16.8 Å². The molecule has 2 rings (SSSR count). The van der Waals surface area contributed by atoms with Crippen LogP contribution in [-0.4, -0.2) is 35.2 Å². The molecule has 1 aliphatic heterocycles. The lowest BCUT2D eigenvalue weighted by atomic mass is 10.2. The van der Waals surface area contributed by atoms with E-state index in [1.807, 2.05) is 4.90 Å². The van der Waals surface area contributed by atoms with Crippen LogP contribution in [0.15, 0.2) is 12.3 Å². The molecule has 1 saturated heterocycles. The van der Waals surface area contributed by atoms with E-state index in [0.717, 1.165) is 13.0 Å². The third kappa shape index (κ3) is 2.10. The lowest BCUT2D eigenvalue weighted by molar-refractivity contribution is 0.0697. The second-order valence-electron chi connectivity index (χ2n) is 3.82. The van der Waals surface area contributed by atoms with Gasteiger partial charge in [0.1, 0.15) is 5.82 Å². The van der Waals surface area contributed by atoms with Gasteiger partial charge in [0, 0.05) is 25.3 Å². The third-order valence-electron chi connectivity index (χ3n) is 2.62. The second kappa shape index (κ2) is 4.27. The molecule has 86 valence electrons. The number of carboxylic acids is 1. The van der Waals surface area contributed by atoms with Crippen molar-refractivity contribution in [1.29, 1.82) is 0 Å². The second-order valence-corrected chi connectivity index (χ2v) is 4.23. The molecule has 1 unspecified atom stereocenters. The van der Waals surface area contributed by atoms with E-state index in [9.17, 15) is 4.79 Å². The van der Waals surface area contributed by atoms with Crippen molar-refractivity contribution in [2.24, 2.45) is 5.73 Å². The van der Waals surface area contributed by atoms with Gasteiger partial charge in [0.25, 0.3) is 0 Å². The Bertz CT molecular complexity index is 425. The summed E-state index contributed by atoms with van der Waals surface area (Å²) in [7, 11) is 0. The van der Waals surface area contributed by atoms with Crippen molar-refractivity contribution < 1.29 is 9.90 Å². The number of aromatic carboxylic acids is 1. The number of aromatic nitrogens is 1. The quantitative estimate of drug-likeness (QED) is 0.807. The molecular formula is C10H12ClN3O2. The Kier molecular flexibility index (Phi) is 2.98. The molecule has 1 atom stereocenters. The van der Waals surface area contributed by atoms with Crippen molar-refractivity contribution in [3.8, 4) is 0 Å². The van der Waals surface area contributed by atoms with Gasteiger partial charge in [0.2, 0.25) is 0 Å². The first-order valence-corrected chi connectivity index (χ1v) is 5.35. The molecule has 0 bridgehead atoms. The first kappa shape index (κ1) is 11.2. The fraction of sp³-hybridized carbons (Fsp3) is 0.400. The maximum Gasteiger partial charge on any atom is 0.337 e. The molecule has 0 saturated carbocycles. The van der Waals surface area contributed by atoms with Crippen molar-refractivity contribution in [2.75, 3.05) is 18.0 Å². The Hall–Kier alpha value is -1.33. The third-order valence-corrected chi connectivity index (χ3v) is 2.92. The van der Waals surface area contributed by atoms with Crippen molar-refractivity contribution in [2.45, 2.75) is 12.5 Å². The molecule has 0 amide bonds. The van der Waals surface area contributed by atoms with Crippen LogP contribution in [0, 0.1) is 0 Å². The van der Waals surface area contributed by atoms with Crippen LogP contribution in [0.5, 0.6) is 0 Å². The summed E-state index contributed by atoms with van der Waals surface area (Å²) in [6.45, 7) is 1.50. The fourth-order valence-corrected chi connectivity index (χ4v) is 1.94. The van der Waals surface area contributed by atoms with Gasteiger partial charge in [0.15, 0.2) is 0 Å². The molecule has 0 aliphatic carbocycles. The maximum absolute atomic E-state index is 10.9. The zero-order chi connectivity index (χ0) is 11.7. The zero-order valence-electron chi connectivity index (χ0n) is 8.56. The first-order valence-electron chi connectivity index (χ1n) is 4.97. The average molecular weight is 242 g/mol. The van der Waals surface area contributed by atoms with Crippen LogP contribution in [-0.2, 0) is 0 Å². The lowest BCUT2D eigenvalue weighted by Crippen LogP contribution is -2.27. The topological polar surface area (TPSA) is 79.5 Å². The molecule has 3 N–H and O–H groups in total. The molecule has 2 heterocycles. The monoisotopic (exact) mass is 241 g/mol. The molecule has 1 fully saturated rings. The van der Waals surface area contributed by atoms with E-state index in [1.165, 1.54) is 12.3 Å². The molecule has 0 spiro atoms. The van der Waals surface area contributed by atoms with Gasteiger partial charge in [-0.15, -0.1) is 0 Å². The Labute approximate surface area is 97.8 Å². The lowest BCUT2D eigenvalue weighted by Gasteiger charge is -2.17. The van der Waals surface area contributed by atoms with Crippen molar-refractivity contribution in [3.63, 3.8) is 0 Å². The number of rotatable bonds is 2. The van der Waals surface area contributed by atoms with Crippen LogP contribution in [0.25, 0.3) is 0 Å². The van der Waals surface area contributed by atoms with Crippen molar-refractivity contribution >= 4 is 23.4 Å². The molecule has 16 heavy (non-hydrogen) atoms. The van der Waals surface area contributed by atoms with Crippen LogP contribution in [0.4, 0.5) is 5.82 Å². The number of nitrogens with zero attached hydrogens (tertiary/aromatic N) is 2. The van der Waals surface area contributed by atoms with E-state index < -0.39 is 5.97 Å². The van der Waals surface area contributed by atoms with Gasteiger partial charge >= 0.3 is 5.97 Å². The minimum Gasteiger partial charge on any atom is -0.478 e. The minimum atomic E-state index is -1.04. The fourth-order valence-electron chi connectivity index (χ4n) is 1.76. The van der Waals surface area contributed by atoms with Crippen LogP contribution >= 0.6 is 11.6 Å². The summed E-state index contributed by atoms with van der Waals surface area (Å²) in [5, 5.41) is 9.08. The van der Waals surface area contributed by atoms with Gasteiger partial charge < -0.3 is 15.7 Å². The number of carbonyl (C=O) groups is 1. The predicted molar refractivity (Wildman–Crippen MR) is 61.0 cm³/mol. The molecule has 6 heteroatoms. The van der Waals surface area contributed by atoms with E-state index in [0.29, 0.717) is 12.4 Å². The smallest absolute Gasteiger partial charge is 0.337 e. The summed E-state index contributed by atoms with van der Waals surface area (Å²) >= 11 is 5.74. The molecule has 1 aliphatic rings. The van der Waals surface area contributed by atoms with E-state index >= 15 is 0 Å². The predicted octanol–water partition coefficient (Wildman–Crippen LogP) is 0.971. The van der Waals surface area contributed by atoms with Crippen LogP contribution in [0.2, 0.25) is 5.02 Å². The Morgan fingerprint density at radius 2 is 2.44 bits per heavy atom. The van der Waals surface area contributed by atoms with Crippen molar-refractivity contribution in [3.05, 3.63) is 22.8 Å². The molecule has 1 aromatic rings. The van der Waals surface area contributed by atoms with Gasteiger partial charge in [0.05, 0.1) is 10.6 Å². The summed E-state index contributed by atoms with van der Waals surface area (Å²) in [6, 6.07) is 1.62. The zero-order valence-corrected chi connectivity index (χ0v) is 9.31.